The maximum atomic E-state index is 9.60. The van der Waals surface area contributed by atoms with Crippen molar-refractivity contribution in [2.75, 3.05) is 4.43 Å². The molecule has 0 aromatic heterocycles. The predicted molar refractivity (Wildman–Crippen MR) is 56.2 cm³/mol. The zero-order valence-corrected chi connectivity index (χ0v) is 9.22. The number of rotatable bonds is 3. The average Bonchev–Trinajstić information content (AvgIpc) is 1.90. The Bertz CT molecular complexity index is 107. The summed E-state index contributed by atoms with van der Waals surface area (Å²) in [6.07, 6.45) is 2.71. The number of unbranched alkanes of at least 4 members (excludes halogenated alkanes) is 1. The van der Waals surface area contributed by atoms with Gasteiger partial charge in [-0.05, 0) is 17.8 Å². The SMILES string of the molecule is C=C(C)C(=O)O.CCCCI. The van der Waals surface area contributed by atoms with Crippen molar-refractivity contribution in [3.8, 4) is 0 Å². The van der Waals surface area contributed by atoms with E-state index in [1.807, 2.05) is 0 Å². The fraction of sp³-hybridized carbons (Fsp3) is 0.625. The summed E-state index contributed by atoms with van der Waals surface area (Å²) in [4.78, 5) is 9.60. The quantitative estimate of drug-likeness (QED) is 0.486. The number of alkyl halides is 1. The first-order valence-corrected chi connectivity index (χ1v) is 5.03. The van der Waals surface area contributed by atoms with Gasteiger partial charge in [0, 0.05) is 5.57 Å². The van der Waals surface area contributed by atoms with Crippen LogP contribution in [0.1, 0.15) is 26.7 Å². The predicted octanol–water partition coefficient (Wildman–Crippen LogP) is 2.87. The van der Waals surface area contributed by atoms with Crippen molar-refractivity contribution >= 4 is 28.6 Å². The second-order valence-corrected chi connectivity index (χ2v) is 3.21. The molecule has 0 unspecified atom stereocenters. The van der Waals surface area contributed by atoms with Crippen molar-refractivity contribution in [1.82, 2.24) is 0 Å². The third-order valence-electron chi connectivity index (χ3n) is 0.852. The number of carboxylic acids is 1. The van der Waals surface area contributed by atoms with Gasteiger partial charge in [0.1, 0.15) is 0 Å². The zero-order chi connectivity index (χ0) is 9.28. The lowest BCUT2D eigenvalue weighted by Gasteiger charge is -1.79. The lowest BCUT2D eigenvalue weighted by atomic mass is 10.4. The van der Waals surface area contributed by atoms with Gasteiger partial charge in [-0.25, -0.2) is 4.79 Å². The molecule has 66 valence electrons. The molecule has 0 aliphatic rings. The molecule has 3 heteroatoms. The number of aliphatic carboxylic acids is 1. The van der Waals surface area contributed by atoms with Crippen molar-refractivity contribution in [2.24, 2.45) is 0 Å². The zero-order valence-electron chi connectivity index (χ0n) is 7.06. The van der Waals surface area contributed by atoms with Crippen LogP contribution in [0.5, 0.6) is 0 Å². The molecule has 0 aromatic carbocycles. The van der Waals surface area contributed by atoms with Gasteiger partial charge in [-0.3, -0.25) is 0 Å². The highest BCUT2D eigenvalue weighted by Crippen LogP contribution is 1.90. The third kappa shape index (κ3) is 17.8. The summed E-state index contributed by atoms with van der Waals surface area (Å²) >= 11 is 2.39. The minimum Gasteiger partial charge on any atom is -0.478 e. The normalized spacial score (nSPS) is 7.91. The minimum atomic E-state index is -0.935. The van der Waals surface area contributed by atoms with Gasteiger partial charge in [0.15, 0.2) is 0 Å². The van der Waals surface area contributed by atoms with Crippen LogP contribution >= 0.6 is 22.6 Å². The van der Waals surface area contributed by atoms with E-state index >= 15 is 0 Å². The van der Waals surface area contributed by atoms with Crippen molar-refractivity contribution in [3.63, 3.8) is 0 Å². The van der Waals surface area contributed by atoms with Gasteiger partial charge >= 0.3 is 5.97 Å². The van der Waals surface area contributed by atoms with Gasteiger partial charge in [0.05, 0.1) is 0 Å². The van der Waals surface area contributed by atoms with E-state index < -0.39 is 5.97 Å². The van der Waals surface area contributed by atoms with Crippen LogP contribution in [0, 0.1) is 0 Å². The smallest absolute Gasteiger partial charge is 0.330 e. The molecule has 0 bridgehead atoms. The Hall–Kier alpha value is -0.0600. The molecule has 2 nitrogen and oxygen atoms in total. The highest BCUT2D eigenvalue weighted by molar-refractivity contribution is 14.1. The van der Waals surface area contributed by atoms with E-state index in [4.69, 9.17) is 5.11 Å². The fourth-order valence-corrected chi connectivity index (χ4v) is 0.896. The van der Waals surface area contributed by atoms with Gasteiger partial charge < -0.3 is 5.11 Å². The van der Waals surface area contributed by atoms with Crippen LogP contribution in [0.4, 0.5) is 0 Å². The monoisotopic (exact) mass is 270 g/mol. The molecular formula is C8H15IO2. The molecule has 0 amide bonds. The first kappa shape index (κ1) is 13.5. The molecule has 1 N–H and O–H groups in total. The van der Waals surface area contributed by atoms with Crippen LogP contribution < -0.4 is 0 Å². The molecule has 0 saturated carbocycles. The second kappa shape index (κ2) is 9.94. The van der Waals surface area contributed by atoms with Crippen molar-refractivity contribution in [2.45, 2.75) is 26.7 Å². The Kier molecular flexibility index (Phi) is 12.2. The average molecular weight is 270 g/mol. The van der Waals surface area contributed by atoms with Gasteiger partial charge in [0.2, 0.25) is 0 Å². The highest BCUT2D eigenvalue weighted by Gasteiger charge is 1.90. The summed E-state index contributed by atoms with van der Waals surface area (Å²) in [6.45, 7) is 6.81. The van der Waals surface area contributed by atoms with Crippen LogP contribution in [-0.4, -0.2) is 15.5 Å². The number of halogens is 1. The van der Waals surface area contributed by atoms with E-state index in [0.717, 1.165) is 0 Å². The molecule has 0 aromatic rings. The summed E-state index contributed by atoms with van der Waals surface area (Å²) in [6, 6.07) is 0. The van der Waals surface area contributed by atoms with Crippen molar-refractivity contribution < 1.29 is 9.90 Å². The molecule has 0 saturated heterocycles. The Morgan fingerprint density at radius 1 is 1.64 bits per heavy atom. The van der Waals surface area contributed by atoms with Crippen LogP contribution in [0.25, 0.3) is 0 Å². The topological polar surface area (TPSA) is 37.3 Å². The Morgan fingerprint density at radius 3 is 2.00 bits per heavy atom. The van der Waals surface area contributed by atoms with Crippen LogP contribution in [0.15, 0.2) is 12.2 Å². The standard InChI is InChI=1S/C4H9I.C4H6O2/c1-2-3-4-5;1-3(2)4(5)6/h2-4H2,1H3;1H2,2H3,(H,5,6). The van der Waals surface area contributed by atoms with E-state index in [1.165, 1.54) is 24.2 Å². The summed E-state index contributed by atoms with van der Waals surface area (Å²) in [5.41, 5.74) is 0.176. The van der Waals surface area contributed by atoms with Gasteiger partial charge in [-0.15, -0.1) is 0 Å². The summed E-state index contributed by atoms with van der Waals surface area (Å²) in [7, 11) is 0. The van der Waals surface area contributed by atoms with Gasteiger partial charge in [0.25, 0.3) is 0 Å². The molecule has 0 spiro atoms. The Labute approximate surface area is 81.8 Å². The maximum Gasteiger partial charge on any atom is 0.330 e. The first-order valence-electron chi connectivity index (χ1n) is 3.51. The van der Waals surface area contributed by atoms with Crippen LogP contribution in [0.3, 0.4) is 0 Å². The summed E-state index contributed by atoms with van der Waals surface area (Å²) < 4.78 is 1.31. The molecule has 11 heavy (non-hydrogen) atoms. The lowest BCUT2D eigenvalue weighted by Crippen LogP contribution is -1.92. The van der Waals surface area contributed by atoms with E-state index in [9.17, 15) is 4.79 Å². The number of carbonyl (C=O) groups is 1. The van der Waals surface area contributed by atoms with Crippen LogP contribution in [-0.2, 0) is 4.79 Å². The van der Waals surface area contributed by atoms with Crippen LogP contribution in [0.2, 0.25) is 0 Å². The summed E-state index contributed by atoms with van der Waals surface area (Å²) in [5, 5.41) is 7.89. The van der Waals surface area contributed by atoms with E-state index in [2.05, 4.69) is 36.1 Å². The molecule has 0 radical (unpaired) electrons. The fourth-order valence-electron chi connectivity index (χ4n) is 0.134. The number of hydrogen-bond acceptors (Lipinski definition) is 1. The molecule has 0 aliphatic carbocycles. The number of hydrogen-bond donors (Lipinski definition) is 1. The van der Waals surface area contributed by atoms with Crippen molar-refractivity contribution in [3.05, 3.63) is 12.2 Å². The van der Waals surface area contributed by atoms with E-state index in [-0.39, 0.29) is 5.57 Å². The van der Waals surface area contributed by atoms with E-state index in [1.54, 1.807) is 0 Å². The maximum absolute atomic E-state index is 9.60. The lowest BCUT2D eigenvalue weighted by molar-refractivity contribution is -0.132. The molecule has 0 heterocycles. The Morgan fingerprint density at radius 2 is 2.00 bits per heavy atom. The molecule has 0 rings (SSSR count). The second-order valence-electron chi connectivity index (χ2n) is 2.13. The molecule has 0 fully saturated rings. The Balaban J connectivity index is 0. The largest absolute Gasteiger partial charge is 0.478 e. The molecular weight excluding hydrogens is 255 g/mol. The molecule has 0 aliphatic heterocycles. The van der Waals surface area contributed by atoms with Crippen molar-refractivity contribution in [1.29, 1.82) is 0 Å². The first-order chi connectivity index (χ1) is 5.06. The highest BCUT2D eigenvalue weighted by atomic mass is 127. The number of carboxylic acid groups (broad SMARTS) is 1. The minimum absolute atomic E-state index is 0.176. The third-order valence-corrected chi connectivity index (χ3v) is 1.62. The van der Waals surface area contributed by atoms with E-state index in [0.29, 0.717) is 0 Å². The van der Waals surface area contributed by atoms with Gasteiger partial charge in [-0.2, -0.15) is 0 Å². The molecule has 0 atom stereocenters. The van der Waals surface area contributed by atoms with Gasteiger partial charge in [-0.1, -0.05) is 42.5 Å². The summed E-state index contributed by atoms with van der Waals surface area (Å²) in [5.74, 6) is -0.935.